The summed E-state index contributed by atoms with van der Waals surface area (Å²) in [5.74, 6) is 1.69. The molecule has 1 aromatic rings. The van der Waals surface area contributed by atoms with Gasteiger partial charge < -0.3 is 10.1 Å². The highest BCUT2D eigenvalue weighted by Gasteiger charge is 2.54. The minimum Gasteiger partial charge on any atom is -0.372 e. The summed E-state index contributed by atoms with van der Waals surface area (Å²) in [5.41, 5.74) is 0.175. The van der Waals surface area contributed by atoms with E-state index in [1.54, 1.807) is 0 Å². The first-order chi connectivity index (χ1) is 10.9. The first-order valence-corrected chi connectivity index (χ1v) is 8.89. The molecule has 1 N–H and O–H groups in total. The minimum atomic E-state index is 0.175. The van der Waals surface area contributed by atoms with Crippen molar-refractivity contribution in [3.63, 3.8) is 0 Å². The molecule has 1 spiro atoms. The zero-order chi connectivity index (χ0) is 14.8. The molecular weight excluding hydrogens is 274 g/mol. The zero-order valence-electron chi connectivity index (χ0n) is 13.3. The maximum Gasteiger partial charge on any atom is 0.125 e. The van der Waals surface area contributed by atoms with Crippen molar-refractivity contribution >= 4 is 5.82 Å². The highest BCUT2D eigenvalue weighted by atomic mass is 16.5. The number of aromatic nitrogens is 1. The van der Waals surface area contributed by atoms with E-state index in [0.717, 1.165) is 25.0 Å². The smallest absolute Gasteiger partial charge is 0.125 e. The Hall–Kier alpha value is -1.13. The number of anilines is 1. The Morgan fingerprint density at radius 2 is 2.09 bits per heavy atom. The highest BCUT2D eigenvalue weighted by molar-refractivity contribution is 5.32. The number of hydrogen-bond acceptors (Lipinski definition) is 4. The van der Waals surface area contributed by atoms with E-state index >= 15 is 0 Å². The van der Waals surface area contributed by atoms with Crippen LogP contribution in [0.15, 0.2) is 24.4 Å². The van der Waals surface area contributed by atoms with Gasteiger partial charge in [0.25, 0.3) is 0 Å². The normalized spacial score (nSPS) is 28.1. The van der Waals surface area contributed by atoms with Crippen molar-refractivity contribution in [2.24, 2.45) is 5.92 Å². The molecule has 3 aliphatic rings. The third-order valence-electron chi connectivity index (χ3n) is 5.85. The molecule has 1 atom stereocenters. The molecule has 4 nitrogen and oxygen atoms in total. The van der Waals surface area contributed by atoms with E-state index in [9.17, 15) is 0 Å². The van der Waals surface area contributed by atoms with Crippen LogP contribution >= 0.6 is 0 Å². The van der Waals surface area contributed by atoms with Gasteiger partial charge in [-0.05, 0) is 43.7 Å². The largest absolute Gasteiger partial charge is 0.372 e. The fourth-order valence-corrected chi connectivity index (χ4v) is 4.55. The summed E-state index contributed by atoms with van der Waals surface area (Å²) in [4.78, 5) is 7.01. The molecule has 0 amide bonds. The van der Waals surface area contributed by atoms with Crippen molar-refractivity contribution in [1.29, 1.82) is 0 Å². The van der Waals surface area contributed by atoms with Crippen molar-refractivity contribution in [2.45, 2.75) is 50.2 Å². The molecular formula is C18H27N3O. The quantitative estimate of drug-likeness (QED) is 0.907. The van der Waals surface area contributed by atoms with Gasteiger partial charge in [0, 0.05) is 38.5 Å². The van der Waals surface area contributed by atoms with Crippen LogP contribution in [0.25, 0.3) is 0 Å². The van der Waals surface area contributed by atoms with Gasteiger partial charge in [0.2, 0.25) is 0 Å². The second-order valence-corrected chi connectivity index (χ2v) is 7.17. The van der Waals surface area contributed by atoms with Gasteiger partial charge in [-0.2, -0.15) is 0 Å². The Balaban J connectivity index is 1.27. The number of ether oxygens (including phenoxy) is 1. The molecule has 4 heteroatoms. The third-order valence-corrected chi connectivity index (χ3v) is 5.85. The van der Waals surface area contributed by atoms with Crippen molar-refractivity contribution in [3.8, 4) is 0 Å². The molecule has 0 radical (unpaired) electrons. The van der Waals surface area contributed by atoms with Gasteiger partial charge in [0.15, 0.2) is 0 Å². The average molecular weight is 301 g/mol. The molecule has 0 aromatic carbocycles. The van der Waals surface area contributed by atoms with E-state index in [-0.39, 0.29) is 5.60 Å². The highest BCUT2D eigenvalue weighted by Crippen LogP contribution is 2.44. The number of likely N-dealkylation sites (tertiary alicyclic amines) is 1. The lowest BCUT2D eigenvalue weighted by atomic mass is 9.78. The molecule has 0 bridgehead atoms. The molecule has 22 heavy (non-hydrogen) atoms. The van der Waals surface area contributed by atoms with Crippen LogP contribution in [0.1, 0.15) is 38.5 Å². The molecule has 2 saturated heterocycles. The summed E-state index contributed by atoms with van der Waals surface area (Å²) in [6.07, 6.45) is 9.91. The topological polar surface area (TPSA) is 37.4 Å². The Morgan fingerprint density at radius 3 is 2.86 bits per heavy atom. The molecule has 3 fully saturated rings. The summed E-state index contributed by atoms with van der Waals surface area (Å²) in [6.45, 7) is 4.29. The van der Waals surface area contributed by atoms with Crippen LogP contribution in [-0.4, -0.2) is 47.8 Å². The standard InChI is InChI=1S/C18H27N3O/c1-2-6-16(5-1)21-13-18(14-21)15(9-12-22-18)8-11-20-17-7-3-4-10-19-17/h3-4,7,10,15-16H,1-2,5-6,8-9,11-14H2,(H,19,20)/t15-/m0/s1. The van der Waals surface area contributed by atoms with Gasteiger partial charge in [-0.3, -0.25) is 4.90 Å². The van der Waals surface area contributed by atoms with Gasteiger partial charge in [-0.15, -0.1) is 0 Å². The van der Waals surface area contributed by atoms with Gasteiger partial charge in [-0.1, -0.05) is 18.9 Å². The van der Waals surface area contributed by atoms with Gasteiger partial charge in [0.1, 0.15) is 5.82 Å². The maximum atomic E-state index is 6.20. The maximum absolute atomic E-state index is 6.20. The first kappa shape index (κ1) is 14.5. The summed E-state index contributed by atoms with van der Waals surface area (Å²) < 4.78 is 6.20. The molecule has 120 valence electrons. The average Bonchev–Trinajstić information content (AvgIpc) is 3.16. The van der Waals surface area contributed by atoms with E-state index in [4.69, 9.17) is 4.74 Å². The number of nitrogens with one attached hydrogen (secondary N) is 1. The molecule has 2 aliphatic heterocycles. The predicted molar refractivity (Wildman–Crippen MR) is 88.0 cm³/mol. The number of rotatable bonds is 5. The van der Waals surface area contributed by atoms with Crippen molar-refractivity contribution in [3.05, 3.63) is 24.4 Å². The first-order valence-electron chi connectivity index (χ1n) is 8.89. The lowest BCUT2D eigenvalue weighted by Crippen LogP contribution is -2.66. The van der Waals surface area contributed by atoms with Crippen LogP contribution in [-0.2, 0) is 4.74 Å². The van der Waals surface area contributed by atoms with Crippen molar-refractivity contribution in [2.75, 3.05) is 31.6 Å². The van der Waals surface area contributed by atoms with Gasteiger partial charge >= 0.3 is 0 Å². The van der Waals surface area contributed by atoms with E-state index in [1.807, 2.05) is 24.4 Å². The Kier molecular flexibility index (Phi) is 4.05. The minimum absolute atomic E-state index is 0.175. The van der Waals surface area contributed by atoms with Crippen LogP contribution in [0.3, 0.4) is 0 Å². The van der Waals surface area contributed by atoms with Gasteiger partial charge in [0.05, 0.1) is 5.60 Å². The molecule has 1 aliphatic carbocycles. The lowest BCUT2D eigenvalue weighted by molar-refractivity contribution is -0.146. The monoisotopic (exact) mass is 301 g/mol. The number of nitrogens with zero attached hydrogens (tertiary/aromatic N) is 2. The summed E-state index contributed by atoms with van der Waals surface area (Å²) in [7, 11) is 0. The summed E-state index contributed by atoms with van der Waals surface area (Å²) in [6, 6.07) is 6.87. The number of pyridine rings is 1. The van der Waals surface area contributed by atoms with Crippen molar-refractivity contribution in [1.82, 2.24) is 9.88 Å². The van der Waals surface area contributed by atoms with Crippen LogP contribution < -0.4 is 5.32 Å². The van der Waals surface area contributed by atoms with Crippen LogP contribution in [0, 0.1) is 5.92 Å². The summed E-state index contributed by atoms with van der Waals surface area (Å²) >= 11 is 0. The van der Waals surface area contributed by atoms with Gasteiger partial charge in [-0.25, -0.2) is 4.98 Å². The zero-order valence-corrected chi connectivity index (χ0v) is 13.3. The lowest BCUT2D eigenvalue weighted by Gasteiger charge is -2.53. The summed E-state index contributed by atoms with van der Waals surface area (Å²) in [5, 5.41) is 3.44. The third kappa shape index (κ3) is 2.74. The van der Waals surface area contributed by atoms with E-state index in [0.29, 0.717) is 5.92 Å². The van der Waals surface area contributed by atoms with Crippen molar-refractivity contribution < 1.29 is 4.74 Å². The molecule has 3 heterocycles. The molecule has 0 unspecified atom stereocenters. The Morgan fingerprint density at radius 1 is 1.23 bits per heavy atom. The Labute approximate surface area is 133 Å². The van der Waals surface area contributed by atoms with Crippen LogP contribution in [0.4, 0.5) is 5.82 Å². The molecule has 1 aromatic heterocycles. The second-order valence-electron chi connectivity index (χ2n) is 7.17. The molecule has 4 rings (SSSR count). The fraction of sp³-hybridized carbons (Fsp3) is 0.722. The van der Waals surface area contributed by atoms with E-state index in [1.165, 1.54) is 51.6 Å². The fourth-order valence-electron chi connectivity index (χ4n) is 4.55. The van der Waals surface area contributed by atoms with E-state index < -0.39 is 0 Å². The number of hydrogen-bond donors (Lipinski definition) is 1. The van der Waals surface area contributed by atoms with E-state index in [2.05, 4.69) is 15.2 Å². The molecule has 1 saturated carbocycles. The Bertz CT molecular complexity index is 480. The SMILES string of the molecule is c1ccc(NCC[C@H]2CCOC23CN(C2CCCC2)C3)nc1. The van der Waals surface area contributed by atoms with Crippen LogP contribution in [0.5, 0.6) is 0 Å². The predicted octanol–water partition coefficient (Wildman–Crippen LogP) is 2.92. The second kappa shape index (κ2) is 6.17. The van der Waals surface area contributed by atoms with Crippen LogP contribution in [0.2, 0.25) is 0 Å².